The number of carbonyl (C=O) groups is 1. The summed E-state index contributed by atoms with van der Waals surface area (Å²) in [5.41, 5.74) is 1.99. The van der Waals surface area contributed by atoms with Crippen LogP contribution in [-0.4, -0.2) is 36.6 Å². The Labute approximate surface area is 120 Å². The maximum Gasteiger partial charge on any atom is 0.313 e. The van der Waals surface area contributed by atoms with Crippen LogP contribution in [0.25, 0.3) is 11.4 Å². The molecule has 2 heterocycles. The first-order valence-electron chi connectivity index (χ1n) is 6.36. The van der Waals surface area contributed by atoms with Gasteiger partial charge in [-0.3, -0.25) is 14.3 Å². The number of carboxylic acid groups (broad SMARTS) is 1. The van der Waals surface area contributed by atoms with Crippen LogP contribution >= 0.6 is 11.8 Å². The van der Waals surface area contributed by atoms with Gasteiger partial charge < -0.3 is 5.11 Å². The van der Waals surface area contributed by atoms with Gasteiger partial charge in [0.15, 0.2) is 11.0 Å². The number of nitrogens with zero attached hydrogens (tertiary/aromatic N) is 4. The maximum absolute atomic E-state index is 10.7. The molecular formula is C13H14N4O2S. The normalized spacial score (nSPS) is 14.4. The Morgan fingerprint density at radius 2 is 2.25 bits per heavy atom. The van der Waals surface area contributed by atoms with E-state index >= 15 is 0 Å². The van der Waals surface area contributed by atoms with Crippen molar-refractivity contribution in [3.05, 3.63) is 24.0 Å². The summed E-state index contributed by atoms with van der Waals surface area (Å²) in [5.74, 6) is -0.0765. The Kier molecular flexibility index (Phi) is 3.43. The van der Waals surface area contributed by atoms with Crippen LogP contribution in [-0.2, 0) is 4.79 Å². The molecule has 0 saturated heterocycles. The second-order valence-electron chi connectivity index (χ2n) is 4.84. The summed E-state index contributed by atoms with van der Waals surface area (Å²) in [6.45, 7) is 1.98. The molecule has 0 unspecified atom stereocenters. The summed E-state index contributed by atoms with van der Waals surface area (Å²) in [6.07, 6.45) is 5.73. The maximum atomic E-state index is 10.7. The molecule has 1 fully saturated rings. The molecule has 0 amide bonds. The number of rotatable bonds is 5. The van der Waals surface area contributed by atoms with Crippen molar-refractivity contribution in [2.75, 3.05) is 5.75 Å². The first kappa shape index (κ1) is 13.1. The number of aliphatic carboxylic acids is 1. The van der Waals surface area contributed by atoms with Crippen molar-refractivity contribution >= 4 is 17.7 Å². The monoisotopic (exact) mass is 290 g/mol. The zero-order valence-corrected chi connectivity index (χ0v) is 11.8. The lowest BCUT2D eigenvalue weighted by molar-refractivity contribution is -0.133. The van der Waals surface area contributed by atoms with Gasteiger partial charge in [-0.05, 0) is 31.4 Å². The highest BCUT2D eigenvalue weighted by Crippen LogP contribution is 2.40. The van der Waals surface area contributed by atoms with E-state index in [0.717, 1.165) is 29.8 Å². The standard InChI is InChI=1S/C13H14N4O2S/c1-8-4-9(6-14-5-8)12-15-16-13(20-7-11(18)19)17(12)10-2-3-10/h4-6,10H,2-3,7H2,1H3,(H,18,19). The van der Waals surface area contributed by atoms with E-state index in [2.05, 4.69) is 15.2 Å². The highest BCUT2D eigenvalue weighted by atomic mass is 32.2. The number of hydrogen-bond acceptors (Lipinski definition) is 5. The second kappa shape index (κ2) is 5.24. The lowest BCUT2D eigenvalue weighted by atomic mass is 10.2. The van der Waals surface area contributed by atoms with E-state index in [1.165, 1.54) is 11.8 Å². The quantitative estimate of drug-likeness (QED) is 0.850. The molecule has 6 nitrogen and oxygen atoms in total. The van der Waals surface area contributed by atoms with Gasteiger partial charge >= 0.3 is 5.97 Å². The van der Waals surface area contributed by atoms with Gasteiger partial charge in [0.25, 0.3) is 0 Å². The molecule has 20 heavy (non-hydrogen) atoms. The van der Waals surface area contributed by atoms with Crippen molar-refractivity contribution in [3.63, 3.8) is 0 Å². The average molecular weight is 290 g/mol. The van der Waals surface area contributed by atoms with Crippen LogP contribution in [0.1, 0.15) is 24.4 Å². The van der Waals surface area contributed by atoms with E-state index < -0.39 is 5.97 Å². The molecule has 2 aromatic rings. The highest BCUT2D eigenvalue weighted by Gasteiger charge is 2.30. The van der Waals surface area contributed by atoms with Crippen molar-refractivity contribution in [3.8, 4) is 11.4 Å². The van der Waals surface area contributed by atoms with E-state index in [1.807, 2.05) is 17.6 Å². The Morgan fingerprint density at radius 3 is 2.90 bits per heavy atom. The number of pyridine rings is 1. The van der Waals surface area contributed by atoms with Gasteiger partial charge in [0.1, 0.15) is 0 Å². The molecule has 1 N–H and O–H groups in total. The van der Waals surface area contributed by atoms with Crippen LogP contribution in [0.2, 0.25) is 0 Å². The third kappa shape index (κ3) is 2.67. The SMILES string of the molecule is Cc1cncc(-c2nnc(SCC(=O)O)n2C2CC2)c1. The van der Waals surface area contributed by atoms with Gasteiger partial charge in [0, 0.05) is 24.0 Å². The minimum absolute atomic E-state index is 0.00305. The van der Waals surface area contributed by atoms with Gasteiger partial charge in [0.2, 0.25) is 0 Å². The summed E-state index contributed by atoms with van der Waals surface area (Å²) >= 11 is 1.21. The minimum Gasteiger partial charge on any atom is -0.481 e. The molecule has 0 aliphatic heterocycles. The number of thioether (sulfide) groups is 1. The van der Waals surface area contributed by atoms with E-state index in [-0.39, 0.29) is 5.75 Å². The van der Waals surface area contributed by atoms with Crippen LogP contribution < -0.4 is 0 Å². The van der Waals surface area contributed by atoms with Gasteiger partial charge in [-0.1, -0.05) is 11.8 Å². The van der Waals surface area contributed by atoms with Gasteiger partial charge in [-0.2, -0.15) is 0 Å². The molecule has 0 aromatic carbocycles. The molecule has 1 aliphatic carbocycles. The molecule has 104 valence electrons. The predicted molar refractivity (Wildman–Crippen MR) is 74.6 cm³/mol. The zero-order chi connectivity index (χ0) is 14.1. The molecule has 0 atom stereocenters. The molecule has 0 radical (unpaired) electrons. The van der Waals surface area contributed by atoms with Gasteiger partial charge in [-0.25, -0.2) is 0 Å². The third-order valence-corrected chi connectivity index (χ3v) is 3.96. The number of hydrogen-bond donors (Lipinski definition) is 1. The van der Waals surface area contributed by atoms with Crippen molar-refractivity contribution in [2.45, 2.75) is 31.0 Å². The highest BCUT2D eigenvalue weighted by molar-refractivity contribution is 7.99. The Balaban J connectivity index is 1.97. The van der Waals surface area contributed by atoms with Crippen molar-refractivity contribution < 1.29 is 9.90 Å². The smallest absolute Gasteiger partial charge is 0.313 e. The minimum atomic E-state index is -0.848. The Morgan fingerprint density at radius 1 is 1.45 bits per heavy atom. The van der Waals surface area contributed by atoms with Crippen LogP contribution in [0.5, 0.6) is 0 Å². The lowest BCUT2D eigenvalue weighted by Gasteiger charge is -2.08. The topological polar surface area (TPSA) is 80.9 Å². The third-order valence-electron chi connectivity index (χ3n) is 3.03. The molecule has 1 aliphatic rings. The van der Waals surface area contributed by atoms with E-state index in [1.54, 1.807) is 12.4 Å². The largest absolute Gasteiger partial charge is 0.481 e. The molecule has 3 rings (SSSR count). The summed E-state index contributed by atoms with van der Waals surface area (Å²) in [6, 6.07) is 2.40. The van der Waals surface area contributed by atoms with Crippen LogP contribution in [0.15, 0.2) is 23.6 Å². The summed E-state index contributed by atoms with van der Waals surface area (Å²) in [4.78, 5) is 14.9. The van der Waals surface area contributed by atoms with Crippen molar-refractivity contribution in [1.29, 1.82) is 0 Å². The molecule has 7 heteroatoms. The van der Waals surface area contributed by atoms with Crippen LogP contribution in [0, 0.1) is 6.92 Å². The summed E-state index contributed by atoms with van der Waals surface area (Å²) in [7, 11) is 0. The number of aryl methyl sites for hydroxylation is 1. The van der Waals surface area contributed by atoms with Crippen molar-refractivity contribution in [2.24, 2.45) is 0 Å². The van der Waals surface area contributed by atoms with E-state index in [4.69, 9.17) is 5.11 Å². The first-order valence-corrected chi connectivity index (χ1v) is 7.35. The lowest BCUT2D eigenvalue weighted by Crippen LogP contribution is -2.03. The van der Waals surface area contributed by atoms with Gasteiger partial charge in [-0.15, -0.1) is 10.2 Å². The molecule has 1 saturated carbocycles. The van der Waals surface area contributed by atoms with E-state index in [9.17, 15) is 4.79 Å². The van der Waals surface area contributed by atoms with Crippen LogP contribution in [0.4, 0.5) is 0 Å². The average Bonchev–Trinajstić information content (AvgIpc) is 3.16. The molecule has 0 spiro atoms. The summed E-state index contributed by atoms with van der Waals surface area (Å²) < 4.78 is 2.05. The zero-order valence-electron chi connectivity index (χ0n) is 11.0. The Bertz CT molecular complexity index is 652. The Hall–Kier alpha value is -1.89. The predicted octanol–water partition coefficient (Wildman–Crippen LogP) is 2.16. The van der Waals surface area contributed by atoms with Crippen molar-refractivity contribution in [1.82, 2.24) is 19.7 Å². The van der Waals surface area contributed by atoms with E-state index in [0.29, 0.717) is 11.2 Å². The number of aromatic nitrogens is 4. The second-order valence-corrected chi connectivity index (χ2v) is 5.78. The molecule has 2 aromatic heterocycles. The molecular weight excluding hydrogens is 276 g/mol. The van der Waals surface area contributed by atoms with Gasteiger partial charge in [0.05, 0.1) is 5.75 Å². The fourth-order valence-corrected chi connectivity index (χ4v) is 2.76. The van der Waals surface area contributed by atoms with Crippen LogP contribution in [0.3, 0.4) is 0 Å². The molecule has 0 bridgehead atoms. The number of carboxylic acids is 1. The summed E-state index contributed by atoms with van der Waals surface area (Å²) in [5, 5.41) is 17.8. The fraction of sp³-hybridized carbons (Fsp3) is 0.385. The first-order chi connectivity index (χ1) is 9.65. The fourth-order valence-electron chi connectivity index (χ4n) is 2.04.